The lowest BCUT2D eigenvalue weighted by atomic mass is 10.6. The molecule has 1 aromatic heterocycles. The molecule has 0 atom stereocenters. The van der Waals surface area contributed by atoms with Crippen molar-refractivity contribution in [2.45, 2.75) is 25.7 Å². The summed E-state index contributed by atoms with van der Waals surface area (Å²) in [6.07, 6.45) is 1.60. The highest BCUT2D eigenvalue weighted by molar-refractivity contribution is 9.10. The van der Waals surface area contributed by atoms with Gasteiger partial charge in [-0.2, -0.15) is 4.98 Å². The zero-order valence-corrected chi connectivity index (χ0v) is 12.4. The summed E-state index contributed by atoms with van der Waals surface area (Å²) < 4.78 is 6.28. The van der Waals surface area contributed by atoms with Gasteiger partial charge in [0.25, 0.3) is 0 Å². The third-order valence-corrected chi connectivity index (χ3v) is 4.20. The molecule has 0 aromatic carbocycles. The van der Waals surface area contributed by atoms with E-state index in [2.05, 4.69) is 45.5 Å². The van der Waals surface area contributed by atoms with E-state index in [1.165, 1.54) is 0 Å². The summed E-state index contributed by atoms with van der Waals surface area (Å²) in [5.41, 5.74) is 0. The van der Waals surface area contributed by atoms with Crippen molar-refractivity contribution < 1.29 is 4.74 Å². The lowest BCUT2D eigenvalue weighted by molar-refractivity contribution is 0.322. The molecule has 3 nitrogen and oxygen atoms in total. The molecule has 6 heteroatoms. The molecule has 0 aliphatic carbocycles. The van der Waals surface area contributed by atoms with Gasteiger partial charge in [0, 0.05) is 14.3 Å². The van der Waals surface area contributed by atoms with Crippen LogP contribution in [0.25, 0.3) is 0 Å². The Kier molecular flexibility index (Phi) is 4.55. The first-order valence-corrected chi connectivity index (χ1v) is 9.57. The van der Waals surface area contributed by atoms with Gasteiger partial charge in [0.05, 0.1) is 11.1 Å². The van der Waals surface area contributed by atoms with Gasteiger partial charge >= 0.3 is 0 Å². The average molecular weight is 310 g/mol. The van der Waals surface area contributed by atoms with Crippen LogP contribution in [-0.2, 0) is 0 Å². The molecular formula is C9H14BrClN2OSi. The molecule has 1 heterocycles. The number of hydrogen-bond donors (Lipinski definition) is 0. The van der Waals surface area contributed by atoms with E-state index in [9.17, 15) is 0 Å². The number of hydrogen-bond acceptors (Lipinski definition) is 3. The van der Waals surface area contributed by atoms with Crippen molar-refractivity contribution in [1.82, 2.24) is 9.97 Å². The second-order valence-electron chi connectivity index (χ2n) is 4.45. The normalized spacial score (nSPS) is 11.5. The van der Waals surface area contributed by atoms with Crippen LogP contribution in [0.15, 0.2) is 10.7 Å². The first kappa shape index (κ1) is 12.9. The number of rotatable bonds is 4. The molecule has 0 aliphatic heterocycles. The predicted octanol–water partition coefficient (Wildman–Crippen LogP) is 3.61. The van der Waals surface area contributed by atoms with E-state index in [0.29, 0.717) is 12.5 Å². The summed E-state index contributed by atoms with van der Waals surface area (Å²) in [5.74, 6) is 0.522. The van der Waals surface area contributed by atoms with Crippen LogP contribution < -0.4 is 4.74 Å². The minimum atomic E-state index is -1.06. The highest BCUT2D eigenvalue weighted by Crippen LogP contribution is 2.23. The van der Waals surface area contributed by atoms with Crippen LogP contribution in [0.2, 0.25) is 31.0 Å². The zero-order chi connectivity index (χ0) is 11.5. The molecule has 0 N–H and O–H groups in total. The van der Waals surface area contributed by atoms with Gasteiger partial charge in [-0.05, 0) is 33.6 Å². The van der Waals surface area contributed by atoms with E-state index in [0.717, 1.165) is 10.5 Å². The average Bonchev–Trinajstić information content (AvgIpc) is 2.09. The second kappa shape index (κ2) is 5.27. The second-order valence-corrected chi connectivity index (χ2v) is 11.3. The van der Waals surface area contributed by atoms with Gasteiger partial charge in [-0.3, -0.25) is 0 Å². The fourth-order valence-corrected chi connectivity index (χ4v) is 2.03. The molecule has 0 fully saturated rings. The van der Waals surface area contributed by atoms with Crippen molar-refractivity contribution in [3.05, 3.63) is 16.0 Å². The Morgan fingerprint density at radius 1 is 1.47 bits per heavy atom. The molecule has 0 amide bonds. The summed E-state index contributed by atoms with van der Waals surface area (Å²) in [6, 6.07) is 1.10. The van der Waals surface area contributed by atoms with E-state index in [1.54, 1.807) is 6.20 Å². The number of halogens is 2. The third-order valence-electron chi connectivity index (χ3n) is 1.77. The molecule has 84 valence electrons. The first-order valence-electron chi connectivity index (χ1n) is 4.69. The Morgan fingerprint density at radius 2 is 2.13 bits per heavy atom. The van der Waals surface area contributed by atoms with Crippen molar-refractivity contribution in [3.63, 3.8) is 0 Å². The van der Waals surface area contributed by atoms with E-state index < -0.39 is 8.07 Å². The van der Waals surface area contributed by atoms with Gasteiger partial charge in [0.2, 0.25) is 11.2 Å². The van der Waals surface area contributed by atoms with Crippen molar-refractivity contribution in [1.29, 1.82) is 0 Å². The minimum absolute atomic E-state index is 0.209. The summed E-state index contributed by atoms with van der Waals surface area (Å²) >= 11 is 8.99. The van der Waals surface area contributed by atoms with Crippen molar-refractivity contribution in [2.75, 3.05) is 6.61 Å². The molecule has 1 rings (SSSR count). The lowest BCUT2D eigenvalue weighted by Crippen LogP contribution is -2.22. The smallest absolute Gasteiger partial charge is 0.232 e. The Labute approximate surface area is 104 Å². The minimum Gasteiger partial charge on any atom is -0.477 e. The van der Waals surface area contributed by atoms with Gasteiger partial charge in [-0.25, -0.2) is 4.98 Å². The Hall–Kier alpha value is -0.133. The van der Waals surface area contributed by atoms with Crippen LogP contribution in [-0.4, -0.2) is 24.6 Å². The van der Waals surface area contributed by atoms with Crippen LogP contribution in [0, 0.1) is 0 Å². The van der Waals surface area contributed by atoms with Crippen molar-refractivity contribution in [2.24, 2.45) is 0 Å². The topological polar surface area (TPSA) is 35.0 Å². The summed E-state index contributed by atoms with van der Waals surface area (Å²) in [6.45, 7) is 7.59. The molecule has 15 heavy (non-hydrogen) atoms. The number of nitrogens with zero attached hydrogens (tertiary/aromatic N) is 2. The van der Waals surface area contributed by atoms with Gasteiger partial charge < -0.3 is 4.74 Å². The lowest BCUT2D eigenvalue weighted by Gasteiger charge is -2.15. The fraction of sp³-hybridized carbons (Fsp3) is 0.556. The molecular weight excluding hydrogens is 296 g/mol. The molecule has 1 aromatic rings. The van der Waals surface area contributed by atoms with Crippen molar-refractivity contribution >= 4 is 35.6 Å². The van der Waals surface area contributed by atoms with Gasteiger partial charge in [-0.15, -0.1) is 0 Å². The first-order chi connectivity index (χ1) is 6.88. The molecule has 0 aliphatic rings. The number of aromatic nitrogens is 2. The van der Waals surface area contributed by atoms with Crippen LogP contribution >= 0.6 is 27.5 Å². The Morgan fingerprint density at radius 3 is 2.73 bits per heavy atom. The molecule has 0 saturated heterocycles. The largest absolute Gasteiger partial charge is 0.477 e. The molecule has 0 radical (unpaired) electrons. The summed E-state index contributed by atoms with van der Waals surface area (Å²) in [7, 11) is -1.06. The maximum atomic E-state index is 5.67. The van der Waals surface area contributed by atoms with E-state index in [4.69, 9.17) is 16.3 Å². The molecule has 0 unspecified atom stereocenters. The maximum Gasteiger partial charge on any atom is 0.232 e. The van der Waals surface area contributed by atoms with E-state index >= 15 is 0 Å². The highest BCUT2D eigenvalue weighted by Gasteiger charge is 2.13. The van der Waals surface area contributed by atoms with Crippen LogP contribution in [0.4, 0.5) is 0 Å². The van der Waals surface area contributed by atoms with Gasteiger partial charge in [0.1, 0.15) is 0 Å². The van der Waals surface area contributed by atoms with Gasteiger partial charge in [0.15, 0.2) is 0 Å². The molecule has 0 bridgehead atoms. The fourth-order valence-electron chi connectivity index (χ4n) is 0.886. The Bertz CT molecular complexity index is 343. The van der Waals surface area contributed by atoms with Crippen molar-refractivity contribution in [3.8, 4) is 5.88 Å². The number of ether oxygens (including phenoxy) is 1. The zero-order valence-electron chi connectivity index (χ0n) is 9.05. The van der Waals surface area contributed by atoms with E-state index in [1.807, 2.05) is 0 Å². The standard InChI is InChI=1S/C9H14BrClN2OSi/c1-15(2,3)5-4-14-8-7(10)6-12-9(11)13-8/h6H,4-5H2,1-3H3. The third kappa shape index (κ3) is 4.95. The highest BCUT2D eigenvalue weighted by atomic mass is 79.9. The molecule has 0 spiro atoms. The molecule has 0 saturated carbocycles. The Balaban J connectivity index is 2.54. The van der Waals surface area contributed by atoms with Gasteiger partial charge in [-0.1, -0.05) is 19.6 Å². The van der Waals surface area contributed by atoms with Crippen LogP contribution in [0.5, 0.6) is 5.88 Å². The van der Waals surface area contributed by atoms with E-state index in [-0.39, 0.29) is 5.28 Å². The summed E-state index contributed by atoms with van der Waals surface area (Å²) in [4.78, 5) is 7.83. The predicted molar refractivity (Wildman–Crippen MR) is 68.4 cm³/mol. The summed E-state index contributed by atoms with van der Waals surface area (Å²) in [5, 5.41) is 0.209. The maximum absolute atomic E-state index is 5.67. The SMILES string of the molecule is C[Si](C)(C)CCOc1nc(Cl)ncc1Br. The quantitative estimate of drug-likeness (QED) is 0.629. The van der Waals surface area contributed by atoms with Crippen LogP contribution in [0.1, 0.15) is 0 Å². The monoisotopic (exact) mass is 308 g/mol. The van der Waals surface area contributed by atoms with Crippen LogP contribution in [0.3, 0.4) is 0 Å².